The number of likely N-dealkylation sites (tertiary alicyclic amines) is 1. The van der Waals surface area contributed by atoms with Gasteiger partial charge in [0.15, 0.2) is 0 Å². The van der Waals surface area contributed by atoms with Crippen LogP contribution in [-0.2, 0) is 11.3 Å². The van der Waals surface area contributed by atoms with Crippen LogP contribution in [0.25, 0.3) is 0 Å². The number of ether oxygens (including phenoxy) is 1. The van der Waals surface area contributed by atoms with E-state index in [9.17, 15) is 14.0 Å². The van der Waals surface area contributed by atoms with Crippen molar-refractivity contribution in [1.29, 1.82) is 0 Å². The monoisotopic (exact) mass is 417 g/mol. The lowest BCUT2D eigenvalue weighted by molar-refractivity contribution is -0.122. The molecule has 0 N–H and O–H groups in total. The maximum atomic E-state index is 13.7. The van der Waals surface area contributed by atoms with E-state index in [1.165, 1.54) is 29.2 Å². The van der Waals surface area contributed by atoms with Crippen LogP contribution in [-0.4, -0.2) is 40.4 Å². The number of amides is 2. The van der Waals surface area contributed by atoms with Crippen molar-refractivity contribution in [3.05, 3.63) is 90.0 Å². The molecule has 0 radical (unpaired) electrons. The Morgan fingerprint density at radius 3 is 2.61 bits per heavy atom. The number of anilines is 1. The standard InChI is InChI=1S/C24H20FN3O3/c25-17-10-8-16(9-11-17)23(29)28-15-19-13-21(28)24(30)27(14-18-5-3-4-12-26-18)20-6-1-2-7-22(20)31-19/h1-12,19,21H,13-15H2. The van der Waals surface area contributed by atoms with Crippen molar-refractivity contribution in [1.82, 2.24) is 9.88 Å². The van der Waals surface area contributed by atoms with Gasteiger partial charge in [0.25, 0.3) is 5.91 Å². The van der Waals surface area contributed by atoms with Crippen LogP contribution in [0.5, 0.6) is 5.75 Å². The molecule has 2 unspecified atom stereocenters. The first-order valence-corrected chi connectivity index (χ1v) is 10.1. The number of para-hydroxylation sites is 2. The fourth-order valence-corrected chi connectivity index (χ4v) is 4.17. The largest absolute Gasteiger partial charge is 0.486 e. The summed E-state index contributed by atoms with van der Waals surface area (Å²) in [6.07, 6.45) is 1.79. The maximum Gasteiger partial charge on any atom is 0.254 e. The van der Waals surface area contributed by atoms with Crippen LogP contribution in [0.2, 0.25) is 0 Å². The van der Waals surface area contributed by atoms with Gasteiger partial charge in [0.1, 0.15) is 23.7 Å². The molecule has 1 fully saturated rings. The van der Waals surface area contributed by atoms with E-state index in [2.05, 4.69) is 4.98 Å². The molecule has 156 valence electrons. The molecule has 2 aliphatic rings. The van der Waals surface area contributed by atoms with Crippen LogP contribution >= 0.6 is 0 Å². The van der Waals surface area contributed by atoms with E-state index in [0.29, 0.717) is 30.0 Å². The number of halogens is 1. The van der Waals surface area contributed by atoms with Gasteiger partial charge in [-0.05, 0) is 48.5 Å². The molecule has 0 saturated carbocycles. The number of nitrogens with zero attached hydrogens (tertiary/aromatic N) is 3. The molecule has 7 heteroatoms. The number of pyridine rings is 1. The van der Waals surface area contributed by atoms with E-state index < -0.39 is 11.9 Å². The highest BCUT2D eigenvalue weighted by atomic mass is 19.1. The second kappa shape index (κ2) is 7.83. The molecule has 0 aliphatic carbocycles. The van der Waals surface area contributed by atoms with Gasteiger partial charge in [-0.3, -0.25) is 14.6 Å². The highest BCUT2D eigenvalue weighted by Gasteiger charge is 2.45. The zero-order valence-corrected chi connectivity index (χ0v) is 16.6. The van der Waals surface area contributed by atoms with E-state index in [1.54, 1.807) is 11.1 Å². The summed E-state index contributed by atoms with van der Waals surface area (Å²) in [6.45, 7) is 0.554. The molecule has 1 saturated heterocycles. The van der Waals surface area contributed by atoms with Crippen molar-refractivity contribution in [2.45, 2.75) is 25.1 Å². The van der Waals surface area contributed by atoms with E-state index in [-0.39, 0.29) is 24.5 Å². The van der Waals surface area contributed by atoms with Crippen molar-refractivity contribution >= 4 is 17.5 Å². The molecule has 31 heavy (non-hydrogen) atoms. The minimum Gasteiger partial charge on any atom is -0.486 e. The molecule has 2 amide bonds. The Balaban J connectivity index is 1.52. The Labute approximate surface area is 178 Å². The predicted molar refractivity (Wildman–Crippen MR) is 112 cm³/mol. The number of carbonyl (C=O) groups is 2. The van der Waals surface area contributed by atoms with Crippen molar-refractivity contribution in [2.24, 2.45) is 0 Å². The van der Waals surface area contributed by atoms with Gasteiger partial charge in [0, 0.05) is 18.2 Å². The molecule has 2 aliphatic heterocycles. The molecule has 1 aromatic heterocycles. The number of hydrogen-bond acceptors (Lipinski definition) is 4. The Morgan fingerprint density at radius 1 is 1.06 bits per heavy atom. The van der Waals surface area contributed by atoms with Gasteiger partial charge in [-0.25, -0.2) is 4.39 Å². The second-order valence-corrected chi connectivity index (χ2v) is 7.67. The van der Waals surface area contributed by atoms with Gasteiger partial charge in [0.05, 0.1) is 24.5 Å². The molecule has 0 spiro atoms. The fraction of sp³-hybridized carbons (Fsp3) is 0.208. The first kappa shape index (κ1) is 19.2. The minimum atomic E-state index is -0.667. The normalized spacial score (nSPS) is 20.0. The number of hydrogen-bond donors (Lipinski definition) is 0. The number of carbonyl (C=O) groups excluding carboxylic acids is 2. The first-order chi connectivity index (χ1) is 15.1. The summed E-state index contributed by atoms with van der Waals surface area (Å²) < 4.78 is 19.5. The van der Waals surface area contributed by atoms with E-state index in [4.69, 9.17) is 4.74 Å². The summed E-state index contributed by atoms with van der Waals surface area (Å²) in [6, 6.07) is 17.6. The van der Waals surface area contributed by atoms with Crippen LogP contribution in [0, 0.1) is 5.82 Å². The average Bonchev–Trinajstić information content (AvgIpc) is 3.22. The Morgan fingerprint density at radius 2 is 1.84 bits per heavy atom. The van der Waals surface area contributed by atoms with Crippen molar-refractivity contribution in [3.8, 4) is 5.75 Å². The molecule has 2 atom stereocenters. The predicted octanol–water partition coefficient (Wildman–Crippen LogP) is 3.43. The van der Waals surface area contributed by atoms with Gasteiger partial charge in [-0.1, -0.05) is 18.2 Å². The smallest absolute Gasteiger partial charge is 0.254 e. The SMILES string of the molecule is O=C1C2CC(CN2C(=O)c2ccc(F)cc2)Oc2ccccc2N1Cc1ccccn1. The molecular formula is C24H20FN3O3. The van der Waals surface area contributed by atoms with Crippen LogP contribution < -0.4 is 9.64 Å². The molecule has 2 aromatic carbocycles. The fourth-order valence-electron chi connectivity index (χ4n) is 4.17. The average molecular weight is 417 g/mol. The minimum absolute atomic E-state index is 0.181. The molecule has 3 aromatic rings. The van der Waals surface area contributed by atoms with Crippen LogP contribution in [0.15, 0.2) is 72.9 Å². The molecule has 6 nitrogen and oxygen atoms in total. The zero-order chi connectivity index (χ0) is 21.4. The first-order valence-electron chi connectivity index (χ1n) is 10.1. The van der Waals surface area contributed by atoms with Crippen LogP contribution in [0.1, 0.15) is 22.5 Å². The zero-order valence-electron chi connectivity index (χ0n) is 16.6. The third-order valence-electron chi connectivity index (χ3n) is 5.66. The third-order valence-corrected chi connectivity index (χ3v) is 5.66. The van der Waals surface area contributed by atoms with E-state index in [1.807, 2.05) is 42.5 Å². The van der Waals surface area contributed by atoms with Crippen LogP contribution in [0.3, 0.4) is 0 Å². The third kappa shape index (κ3) is 3.63. The highest BCUT2D eigenvalue weighted by molar-refractivity contribution is 6.03. The Kier molecular flexibility index (Phi) is 4.86. The van der Waals surface area contributed by atoms with Gasteiger partial charge in [0.2, 0.25) is 5.91 Å². The molecule has 5 rings (SSSR count). The summed E-state index contributed by atoms with van der Waals surface area (Å²) in [5, 5.41) is 0. The lowest BCUT2D eigenvalue weighted by Gasteiger charge is -2.31. The molecule has 2 bridgehead atoms. The van der Waals surface area contributed by atoms with Crippen molar-refractivity contribution < 1.29 is 18.7 Å². The highest BCUT2D eigenvalue weighted by Crippen LogP contribution is 2.37. The molecular weight excluding hydrogens is 397 g/mol. The van der Waals surface area contributed by atoms with Crippen LogP contribution in [0.4, 0.5) is 10.1 Å². The summed E-state index contributed by atoms with van der Waals surface area (Å²) in [5.41, 5.74) is 1.73. The summed E-state index contributed by atoms with van der Waals surface area (Å²) in [5.74, 6) is -0.305. The van der Waals surface area contributed by atoms with E-state index >= 15 is 0 Å². The summed E-state index contributed by atoms with van der Waals surface area (Å²) in [4.78, 5) is 34.4. The van der Waals surface area contributed by atoms with Gasteiger partial charge in [-0.2, -0.15) is 0 Å². The topological polar surface area (TPSA) is 62.7 Å². The number of benzene rings is 2. The second-order valence-electron chi connectivity index (χ2n) is 7.67. The van der Waals surface area contributed by atoms with Gasteiger partial charge in [-0.15, -0.1) is 0 Å². The Bertz CT molecular complexity index is 1120. The number of aromatic nitrogens is 1. The van der Waals surface area contributed by atoms with Crippen molar-refractivity contribution in [2.75, 3.05) is 11.4 Å². The maximum absolute atomic E-state index is 13.7. The van der Waals surface area contributed by atoms with Crippen molar-refractivity contribution in [3.63, 3.8) is 0 Å². The van der Waals surface area contributed by atoms with Gasteiger partial charge < -0.3 is 14.5 Å². The summed E-state index contributed by atoms with van der Waals surface area (Å²) >= 11 is 0. The van der Waals surface area contributed by atoms with Gasteiger partial charge >= 0.3 is 0 Å². The number of rotatable bonds is 3. The molecule has 3 heterocycles. The lowest BCUT2D eigenvalue weighted by Crippen LogP contribution is -2.48. The quantitative estimate of drug-likeness (QED) is 0.655. The van der Waals surface area contributed by atoms with E-state index in [0.717, 1.165) is 5.69 Å². The Hall–Kier alpha value is -3.74. The number of fused-ring (bicyclic) bond motifs is 3. The lowest BCUT2D eigenvalue weighted by atomic mass is 10.1. The summed E-state index contributed by atoms with van der Waals surface area (Å²) in [7, 11) is 0.